The molecule has 1 heterocycles. The molecule has 0 atom stereocenters. The lowest BCUT2D eigenvalue weighted by Gasteiger charge is -2.26. The van der Waals surface area contributed by atoms with E-state index in [4.69, 9.17) is 4.74 Å². The maximum atomic E-state index is 13.6. The van der Waals surface area contributed by atoms with Crippen LogP contribution in [0.5, 0.6) is 5.75 Å². The molecule has 0 radical (unpaired) electrons. The number of anilines is 1. The number of imide groups is 2. The van der Waals surface area contributed by atoms with E-state index in [0.717, 1.165) is 27.7 Å². The van der Waals surface area contributed by atoms with E-state index in [9.17, 15) is 18.8 Å². The molecule has 1 saturated heterocycles. The summed E-state index contributed by atoms with van der Waals surface area (Å²) in [7, 11) is 0. The van der Waals surface area contributed by atoms with Crippen molar-refractivity contribution in [2.24, 2.45) is 0 Å². The van der Waals surface area contributed by atoms with Gasteiger partial charge in [-0.2, -0.15) is 0 Å². The number of rotatable bonds is 6. The first kappa shape index (κ1) is 23.9. The number of amides is 4. The van der Waals surface area contributed by atoms with E-state index >= 15 is 0 Å². The molecule has 0 unspecified atom stereocenters. The molecule has 5 rings (SSSR count). The molecule has 1 aliphatic rings. The van der Waals surface area contributed by atoms with E-state index in [0.29, 0.717) is 22.6 Å². The van der Waals surface area contributed by atoms with Crippen molar-refractivity contribution in [2.45, 2.75) is 20.0 Å². The molecule has 4 amide bonds. The lowest BCUT2D eigenvalue weighted by Crippen LogP contribution is -2.54. The Morgan fingerprint density at radius 1 is 0.892 bits per heavy atom. The molecule has 1 fully saturated rings. The minimum absolute atomic E-state index is 0.0841. The van der Waals surface area contributed by atoms with E-state index in [2.05, 4.69) is 5.32 Å². The van der Waals surface area contributed by atoms with Crippen molar-refractivity contribution in [3.8, 4) is 5.75 Å². The molecule has 0 bridgehead atoms. The van der Waals surface area contributed by atoms with Crippen LogP contribution in [-0.2, 0) is 22.6 Å². The lowest BCUT2D eigenvalue weighted by molar-refractivity contribution is -0.122. The number of hydrogen-bond donors (Lipinski definition) is 1. The number of nitrogens with zero attached hydrogens (tertiary/aromatic N) is 1. The van der Waals surface area contributed by atoms with Crippen molar-refractivity contribution in [3.63, 3.8) is 0 Å². The Morgan fingerprint density at radius 2 is 1.68 bits per heavy atom. The third-order valence-electron chi connectivity index (χ3n) is 6.21. The molecule has 0 aliphatic carbocycles. The Bertz CT molecular complexity index is 1560. The van der Waals surface area contributed by atoms with Crippen LogP contribution in [0.15, 0.2) is 90.5 Å². The number of carbonyl (C=O) groups is 3. The van der Waals surface area contributed by atoms with Crippen molar-refractivity contribution >= 4 is 40.4 Å². The van der Waals surface area contributed by atoms with Crippen molar-refractivity contribution in [1.29, 1.82) is 0 Å². The quantitative estimate of drug-likeness (QED) is 0.272. The summed E-state index contributed by atoms with van der Waals surface area (Å²) in [5.41, 5.74) is 2.34. The van der Waals surface area contributed by atoms with Gasteiger partial charge in [0.15, 0.2) is 0 Å². The van der Waals surface area contributed by atoms with Gasteiger partial charge in [-0.15, -0.1) is 0 Å². The van der Waals surface area contributed by atoms with E-state index < -0.39 is 17.8 Å². The Hall–Kier alpha value is -4.78. The molecule has 1 N–H and O–H groups in total. The number of barbiturate groups is 1. The molecule has 37 heavy (non-hydrogen) atoms. The molecule has 6 nitrogen and oxygen atoms in total. The van der Waals surface area contributed by atoms with Crippen molar-refractivity contribution in [2.75, 3.05) is 4.90 Å². The number of halogens is 1. The largest absolute Gasteiger partial charge is 0.488 e. The monoisotopic (exact) mass is 494 g/mol. The van der Waals surface area contributed by atoms with E-state index in [1.807, 2.05) is 49.4 Å². The Kier molecular flexibility index (Phi) is 6.51. The van der Waals surface area contributed by atoms with Gasteiger partial charge < -0.3 is 4.74 Å². The van der Waals surface area contributed by atoms with Gasteiger partial charge in [0, 0.05) is 5.56 Å². The van der Waals surface area contributed by atoms with Crippen LogP contribution in [0.4, 0.5) is 14.9 Å². The SMILES string of the molecule is CCc1ccc(N2C(=O)NC(=O)/C(=C\c3c(OCc4cccc(F)c4)ccc4ccccc34)C2=O)cc1. The van der Waals surface area contributed by atoms with Crippen molar-refractivity contribution in [1.82, 2.24) is 5.32 Å². The molecular formula is C30H23FN2O4. The van der Waals surface area contributed by atoms with Crippen LogP contribution in [-0.4, -0.2) is 17.8 Å². The number of ether oxygens (including phenoxy) is 1. The van der Waals surface area contributed by atoms with Gasteiger partial charge in [-0.05, 0) is 64.7 Å². The van der Waals surface area contributed by atoms with Crippen molar-refractivity contribution < 1.29 is 23.5 Å². The third-order valence-corrected chi connectivity index (χ3v) is 6.21. The summed E-state index contributed by atoms with van der Waals surface area (Å²) in [6, 6.07) is 23.4. The average molecular weight is 495 g/mol. The lowest BCUT2D eigenvalue weighted by atomic mass is 9.99. The first-order valence-corrected chi connectivity index (χ1v) is 11.8. The number of carbonyl (C=O) groups excluding carboxylic acids is 3. The Balaban J connectivity index is 1.56. The normalized spacial score (nSPS) is 14.8. The second-order valence-electron chi connectivity index (χ2n) is 8.59. The minimum atomic E-state index is -0.808. The third kappa shape index (κ3) is 4.84. The number of fused-ring (bicyclic) bond motifs is 1. The van der Waals surface area contributed by atoms with E-state index in [1.165, 1.54) is 18.2 Å². The van der Waals surface area contributed by atoms with Crippen LogP contribution in [0.25, 0.3) is 16.8 Å². The highest BCUT2D eigenvalue weighted by molar-refractivity contribution is 6.39. The molecule has 7 heteroatoms. The molecular weight excluding hydrogens is 471 g/mol. The number of urea groups is 1. The summed E-state index contributed by atoms with van der Waals surface area (Å²) in [6.07, 6.45) is 2.25. The fraction of sp³-hybridized carbons (Fsp3) is 0.100. The van der Waals surface area contributed by atoms with Gasteiger partial charge in [0.05, 0.1) is 5.69 Å². The van der Waals surface area contributed by atoms with E-state index in [-0.39, 0.29) is 18.0 Å². The van der Waals surface area contributed by atoms with Gasteiger partial charge in [0.1, 0.15) is 23.7 Å². The highest BCUT2D eigenvalue weighted by atomic mass is 19.1. The topological polar surface area (TPSA) is 75.7 Å². The molecule has 184 valence electrons. The number of benzene rings is 4. The number of aryl methyl sites for hydroxylation is 1. The molecule has 1 aliphatic heterocycles. The van der Waals surface area contributed by atoms with Gasteiger partial charge in [0.25, 0.3) is 11.8 Å². The molecule has 0 aromatic heterocycles. The van der Waals surface area contributed by atoms with Gasteiger partial charge in [-0.25, -0.2) is 14.1 Å². The van der Waals surface area contributed by atoms with Crippen LogP contribution < -0.4 is 15.0 Å². The Morgan fingerprint density at radius 3 is 2.43 bits per heavy atom. The smallest absolute Gasteiger partial charge is 0.335 e. The van der Waals surface area contributed by atoms with Gasteiger partial charge in [-0.1, -0.05) is 61.5 Å². The summed E-state index contributed by atoms with van der Waals surface area (Å²) in [6.45, 7) is 2.09. The standard InChI is InChI=1S/C30H23FN2O4/c1-2-19-10-13-23(14-11-19)33-29(35)26(28(34)32-30(33)36)17-25-24-9-4-3-7-21(24)12-15-27(25)37-18-20-6-5-8-22(31)16-20/h3-17H,2,18H2,1H3,(H,32,34,36)/b26-17+. The van der Waals surface area contributed by atoms with Gasteiger partial charge >= 0.3 is 6.03 Å². The van der Waals surface area contributed by atoms with Crippen LogP contribution in [0.2, 0.25) is 0 Å². The van der Waals surface area contributed by atoms with Crippen LogP contribution in [0, 0.1) is 5.82 Å². The fourth-order valence-corrected chi connectivity index (χ4v) is 4.26. The zero-order chi connectivity index (χ0) is 25.9. The second-order valence-corrected chi connectivity index (χ2v) is 8.59. The van der Waals surface area contributed by atoms with Crippen LogP contribution >= 0.6 is 0 Å². The predicted molar refractivity (Wildman–Crippen MR) is 140 cm³/mol. The molecule has 0 saturated carbocycles. The van der Waals surface area contributed by atoms with Crippen molar-refractivity contribution in [3.05, 3.63) is 113 Å². The zero-order valence-corrected chi connectivity index (χ0v) is 20.0. The first-order chi connectivity index (χ1) is 17.9. The Labute approximate surface area is 213 Å². The maximum Gasteiger partial charge on any atom is 0.335 e. The molecule has 4 aromatic rings. The average Bonchev–Trinajstić information content (AvgIpc) is 2.90. The number of hydrogen-bond acceptors (Lipinski definition) is 4. The summed E-state index contributed by atoms with van der Waals surface area (Å²) >= 11 is 0. The summed E-state index contributed by atoms with van der Waals surface area (Å²) in [5, 5.41) is 3.89. The van der Waals surface area contributed by atoms with Crippen LogP contribution in [0.1, 0.15) is 23.6 Å². The predicted octanol–water partition coefficient (Wildman–Crippen LogP) is 5.79. The van der Waals surface area contributed by atoms with Gasteiger partial charge in [-0.3, -0.25) is 14.9 Å². The molecule has 4 aromatic carbocycles. The summed E-state index contributed by atoms with van der Waals surface area (Å²) < 4.78 is 19.7. The second kappa shape index (κ2) is 10.1. The summed E-state index contributed by atoms with van der Waals surface area (Å²) in [4.78, 5) is 39.9. The van der Waals surface area contributed by atoms with Gasteiger partial charge in [0.2, 0.25) is 0 Å². The highest BCUT2D eigenvalue weighted by Gasteiger charge is 2.37. The highest BCUT2D eigenvalue weighted by Crippen LogP contribution is 2.32. The number of nitrogens with one attached hydrogen (secondary N) is 1. The maximum absolute atomic E-state index is 13.6. The summed E-state index contributed by atoms with van der Waals surface area (Å²) in [5.74, 6) is -1.49. The zero-order valence-electron chi connectivity index (χ0n) is 20.0. The molecule has 0 spiro atoms. The van der Waals surface area contributed by atoms with Crippen LogP contribution in [0.3, 0.4) is 0 Å². The first-order valence-electron chi connectivity index (χ1n) is 11.8. The van der Waals surface area contributed by atoms with E-state index in [1.54, 1.807) is 30.3 Å². The minimum Gasteiger partial charge on any atom is -0.488 e. The fourth-order valence-electron chi connectivity index (χ4n) is 4.26.